The van der Waals surface area contributed by atoms with E-state index in [9.17, 15) is 0 Å². The minimum absolute atomic E-state index is 0. The van der Waals surface area contributed by atoms with Gasteiger partial charge in [-0.1, -0.05) is 88.0 Å². The van der Waals surface area contributed by atoms with Crippen molar-refractivity contribution < 1.29 is 30.2 Å². The number of rotatable bonds is 4. The van der Waals surface area contributed by atoms with Gasteiger partial charge in [-0.25, -0.2) is 4.98 Å². The Labute approximate surface area is 283 Å². The Kier molecular flexibility index (Phi) is 7.06. The average Bonchev–Trinajstić information content (AvgIpc) is 3.63. The van der Waals surface area contributed by atoms with E-state index >= 15 is 0 Å². The number of para-hydroxylation sites is 1. The zero-order valence-corrected chi connectivity index (χ0v) is 29.3. The minimum atomic E-state index is -0.306. The van der Waals surface area contributed by atoms with Crippen LogP contribution in [0, 0.1) is 12.1 Å². The van der Waals surface area contributed by atoms with Crippen LogP contribution in [0.1, 0.15) is 76.8 Å². The largest absolute Gasteiger partial charge is 2.00 e. The van der Waals surface area contributed by atoms with E-state index in [1.807, 2.05) is 30.6 Å². The third-order valence-corrected chi connectivity index (χ3v) is 9.24. The molecule has 5 nitrogen and oxygen atoms in total. The number of nitrogens with zero attached hydrogens (tertiary/aromatic N) is 3. The summed E-state index contributed by atoms with van der Waals surface area (Å²) in [5, 5.41) is 3.13. The van der Waals surface area contributed by atoms with Gasteiger partial charge in [0.25, 0.3) is 0 Å². The van der Waals surface area contributed by atoms with Crippen LogP contribution in [0.4, 0.5) is 0 Å². The molecule has 0 amide bonds. The van der Waals surface area contributed by atoms with Crippen LogP contribution in [0.3, 0.4) is 0 Å². The monoisotopic (exact) mass is 784 g/mol. The number of benzene rings is 3. The van der Waals surface area contributed by atoms with Crippen molar-refractivity contribution in [1.82, 2.24) is 14.5 Å². The second-order valence-electron chi connectivity index (χ2n) is 14.0. The molecule has 0 unspecified atom stereocenters. The molecule has 46 heavy (non-hydrogen) atoms. The van der Waals surface area contributed by atoms with Gasteiger partial charge in [-0.15, -0.1) is 17.5 Å². The molecule has 0 spiro atoms. The standard InChI is InChI=1S/C40H35N3O2.Pt/c1-23(2)24-16-17-41-35(18-24)43-32-11-9-8-10-28(32)29-14-12-27(21-33(29)43)44-26-13-15-34-30(20-26)36-37-31(40(6,7)38(36)45-34)19-25(22-42-37)39(3,4)5;/h8-19,22-23H,1-7H3;/q-2;+2. The Morgan fingerprint density at radius 1 is 0.891 bits per heavy atom. The third kappa shape index (κ3) is 4.62. The van der Waals surface area contributed by atoms with Crippen molar-refractivity contribution in [3.05, 3.63) is 114 Å². The maximum Gasteiger partial charge on any atom is 2.00 e. The van der Waals surface area contributed by atoms with Gasteiger partial charge < -0.3 is 13.7 Å². The van der Waals surface area contributed by atoms with Crippen molar-refractivity contribution in [1.29, 1.82) is 0 Å². The fraction of sp³-hybridized carbons (Fsp3) is 0.250. The van der Waals surface area contributed by atoms with E-state index in [4.69, 9.17) is 19.1 Å². The smallest absolute Gasteiger partial charge is 0.514 e. The molecule has 3 aromatic carbocycles. The van der Waals surface area contributed by atoms with E-state index in [0.29, 0.717) is 17.4 Å². The molecule has 4 heterocycles. The van der Waals surface area contributed by atoms with Crippen LogP contribution in [0.2, 0.25) is 0 Å². The SMILES string of the molecule is CC(C)c1ccnc(-n2c3[c-]c(Oc4[c-]c5c6c(oc5cc4)C(C)(C)c4cc(C(C)(C)C)cnc4-6)ccc3c3ccccc32)c1.[Pt+2]. The third-order valence-electron chi connectivity index (χ3n) is 9.24. The molecule has 0 atom stereocenters. The summed E-state index contributed by atoms with van der Waals surface area (Å²) in [5.41, 5.74) is 8.09. The maximum atomic E-state index is 6.48. The van der Waals surface area contributed by atoms with Gasteiger partial charge in [0.15, 0.2) is 0 Å². The zero-order valence-electron chi connectivity index (χ0n) is 27.1. The van der Waals surface area contributed by atoms with Crippen molar-refractivity contribution in [2.45, 2.75) is 65.2 Å². The molecule has 232 valence electrons. The number of aromatic nitrogens is 3. The van der Waals surface area contributed by atoms with Crippen molar-refractivity contribution in [3.63, 3.8) is 0 Å². The Hall–Kier alpha value is -4.21. The van der Waals surface area contributed by atoms with Crippen molar-refractivity contribution >= 4 is 32.8 Å². The summed E-state index contributed by atoms with van der Waals surface area (Å²) in [4.78, 5) is 9.74. The van der Waals surface area contributed by atoms with Crippen LogP contribution in [-0.2, 0) is 31.9 Å². The van der Waals surface area contributed by atoms with Crippen LogP contribution in [0.25, 0.3) is 49.9 Å². The molecular weight excluding hydrogens is 750 g/mol. The van der Waals surface area contributed by atoms with Crippen LogP contribution in [0.15, 0.2) is 83.5 Å². The van der Waals surface area contributed by atoms with E-state index in [2.05, 4.69) is 114 Å². The number of furan rings is 1. The van der Waals surface area contributed by atoms with Gasteiger partial charge in [0.05, 0.1) is 5.76 Å². The summed E-state index contributed by atoms with van der Waals surface area (Å²) in [6.45, 7) is 15.5. The predicted octanol–water partition coefficient (Wildman–Crippen LogP) is 10.4. The number of hydrogen-bond acceptors (Lipinski definition) is 4. The van der Waals surface area contributed by atoms with E-state index < -0.39 is 0 Å². The molecule has 1 aliphatic carbocycles. The topological polar surface area (TPSA) is 53.1 Å². The predicted molar refractivity (Wildman–Crippen MR) is 181 cm³/mol. The second kappa shape index (κ2) is 10.7. The molecule has 0 saturated heterocycles. The van der Waals surface area contributed by atoms with Gasteiger partial charge in [0.1, 0.15) is 5.82 Å². The van der Waals surface area contributed by atoms with Gasteiger partial charge in [0, 0.05) is 46.1 Å². The first-order valence-corrected chi connectivity index (χ1v) is 15.6. The molecular formula is C40H35N3O2Pt. The summed E-state index contributed by atoms with van der Waals surface area (Å²) < 4.78 is 15.1. The number of fused-ring (bicyclic) bond motifs is 8. The Bertz CT molecular complexity index is 2300. The van der Waals surface area contributed by atoms with Gasteiger partial charge >= 0.3 is 21.1 Å². The van der Waals surface area contributed by atoms with Crippen molar-refractivity contribution in [2.75, 3.05) is 0 Å². The molecule has 0 fully saturated rings. The van der Waals surface area contributed by atoms with E-state index in [0.717, 1.165) is 55.6 Å². The number of ether oxygens (including phenoxy) is 1. The molecule has 6 heteroatoms. The Morgan fingerprint density at radius 3 is 2.43 bits per heavy atom. The first-order chi connectivity index (χ1) is 21.5. The van der Waals surface area contributed by atoms with Crippen LogP contribution in [-0.4, -0.2) is 14.5 Å². The summed E-state index contributed by atoms with van der Waals surface area (Å²) in [5.74, 6) is 3.39. The first kappa shape index (κ1) is 30.4. The second-order valence-corrected chi connectivity index (χ2v) is 14.0. The molecule has 0 radical (unpaired) electrons. The first-order valence-electron chi connectivity index (χ1n) is 15.6. The fourth-order valence-corrected chi connectivity index (χ4v) is 6.61. The Balaban J connectivity index is 0.00000338. The fourth-order valence-electron chi connectivity index (χ4n) is 6.61. The molecule has 7 aromatic rings. The summed E-state index contributed by atoms with van der Waals surface area (Å²) in [7, 11) is 0. The average molecular weight is 785 g/mol. The molecule has 1 aliphatic rings. The molecule has 4 aromatic heterocycles. The summed E-state index contributed by atoms with van der Waals surface area (Å²) >= 11 is 0. The van der Waals surface area contributed by atoms with Crippen molar-refractivity contribution in [3.8, 4) is 28.6 Å². The van der Waals surface area contributed by atoms with Crippen LogP contribution < -0.4 is 4.74 Å². The van der Waals surface area contributed by atoms with Crippen LogP contribution in [0.5, 0.6) is 11.5 Å². The zero-order chi connectivity index (χ0) is 31.2. The molecule has 0 saturated carbocycles. The normalized spacial score (nSPS) is 13.7. The minimum Gasteiger partial charge on any atom is -0.514 e. The summed E-state index contributed by atoms with van der Waals surface area (Å²) in [6.07, 6.45) is 3.88. The number of pyridine rings is 2. The van der Waals surface area contributed by atoms with E-state index in [1.54, 1.807) is 0 Å². The quantitative estimate of drug-likeness (QED) is 0.167. The van der Waals surface area contributed by atoms with Gasteiger partial charge in [-0.3, -0.25) is 4.98 Å². The number of hydrogen-bond donors (Lipinski definition) is 0. The summed E-state index contributed by atoms with van der Waals surface area (Å²) in [6, 6.07) is 30.0. The van der Waals surface area contributed by atoms with Gasteiger partial charge in [0.2, 0.25) is 0 Å². The van der Waals surface area contributed by atoms with E-state index in [1.165, 1.54) is 16.7 Å². The molecule has 8 rings (SSSR count). The van der Waals surface area contributed by atoms with E-state index in [-0.39, 0.29) is 31.9 Å². The molecule has 0 aliphatic heterocycles. The van der Waals surface area contributed by atoms with Crippen molar-refractivity contribution in [2.24, 2.45) is 0 Å². The molecule has 0 N–H and O–H groups in total. The van der Waals surface area contributed by atoms with Gasteiger partial charge in [-0.2, -0.15) is 6.07 Å². The Morgan fingerprint density at radius 2 is 1.65 bits per heavy atom. The van der Waals surface area contributed by atoms with Crippen LogP contribution >= 0.6 is 0 Å². The van der Waals surface area contributed by atoms with Gasteiger partial charge in [-0.05, 0) is 71.0 Å². The maximum absolute atomic E-state index is 6.48. The molecule has 0 bridgehead atoms.